The van der Waals surface area contributed by atoms with Crippen molar-refractivity contribution in [3.05, 3.63) is 0 Å². The highest BCUT2D eigenvalue weighted by Gasteiger charge is 2.27. The van der Waals surface area contributed by atoms with Gasteiger partial charge in [-0.3, -0.25) is 0 Å². The van der Waals surface area contributed by atoms with E-state index in [0.29, 0.717) is 0 Å². The highest BCUT2D eigenvalue weighted by Crippen LogP contribution is 2.21. The summed E-state index contributed by atoms with van der Waals surface area (Å²) in [5.41, 5.74) is 0. The van der Waals surface area contributed by atoms with Crippen LogP contribution in [-0.2, 0) is 10.0 Å². The van der Waals surface area contributed by atoms with Gasteiger partial charge in [-0.25, -0.2) is 13.1 Å². The minimum absolute atomic E-state index is 0.159. The summed E-state index contributed by atoms with van der Waals surface area (Å²) in [4.78, 5) is 0. The van der Waals surface area contributed by atoms with Crippen LogP contribution in [0.5, 0.6) is 0 Å². The quantitative estimate of drug-likeness (QED) is 0.691. The monoisotopic (exact) mass is 339 g/mol. The van der Waals surface area contributed by atoms with Crippen LogP contribution in [0.1, 0.15) is 26.2 Å². The molecule has 0 aromatic carbocycles. The van der Waals surface area contributed by atoms with Gasteiger partial charge in [0.2, 0.25) is 10.0 Å². The number of sulfonamides is 1. The van der Waals surface area contributed by atoms with Crippen molar-refractivity contribution in [3.8, 4) is 0 Å². The van der Waals surface area contributed by atoms with E-state index in [1.807, 2.05) is 6.92 Å². The molecule has 1 atom stereocenters. The molecule has 0 fully saturated rings. The Bertz CT molecular complexity index is 306. The standard InChI is InChI=1S/C9H17BrF3NO2S/c1-8(3-5-10)7-14-17(15,16)6-2-4-9(11,12)13/h8,14H,2-7H2,1H3. The van der Waals surface area contributed by atoms with Crippen molar-refractivity contribution in [2.24, 2.45) is 5.92 Å². The second-order valence-electron chi connectivity index (χ2n) is 3.97. The van der Waals surface area contributed by atoms with Crippen LogP contribution in [0.3, 0.4) is 0 Å². The molecule has 0 saturated carbocycles. The van der Waals surface area contributed by atoms with Crippen molar-refractivity contribution in [1.82, 2.24) is 4.72 Å². The smallest absolute Gasteiger partial charge is 0.215 e. The van der Waals surface area contributed by atoms with Gasteiger partial charge in [0.1, 0.15) is 0 Å². The molecule has 8 heteroatoms. The van der Waals surface area contributed by atoms with E-state index in [-0.39, 0.29) is 12.5 Å². The van der Waals surface area contributed by atoms with Gasteiger partial charge in [-0.15, -0.1) is 0 Å². The molecule has 0 aliphatic rings. The van der Waals surface area contributed by atoms with Crippen molar-refractivity contribution in [1.29, 1.82) is 0 Å². The van der Waals surface area contributed by atoms with E-state index in [1.165, 1.54) is 0 Å². The predicted octanol–water partition coefficient (Wildman–Crippen LogP) is 2.67. The zero-order chi connectivity index (χ0) is 13.5. The molecule has 0 rings (SSSR count). The molecule has 0 radical (unpaired) electrons. The number of rotatable bonds is 8. The third-order valence-corrected chi connectivity index (χ3v) is 4.02. The van der Waals surface area contributed by atoms with E-state index in [1.54, 1.807) is 0 Å². The molecule has 17 heavy (non-hydrogen) atoms. The van der Waals surface area contributed by atoms with Crippen LogP contribution < -0.4 is 4.72 Å². The Morgan fingerprint density at radius 2 is 1.94 bits per heavy atom. The molecule has 0 bridgehead atoms. The van der Waals surface area contributed by atoms with Gasteiger partial charge in [0.05, 0.1) is 5.75 Å². The van der Waals surface area contributed by atoms with Gasteiger partial charge in [-0.2, -0.15) is 13.2 Å². The van der Waals surface area contributed by atoms with Crippen molar-refractivity contribution in [3.63, 3.8) is 0 Å². The Morgan fingerprint density at radius 3 is 2.41 bits per heavy atom. The Morgan fingerprint density at radius 1 is 1.35 bits per heavy atom. The largest absolute Gasteiger partial charge is 0.389 e. The Hall–Kier alpha value is 0.180. The van der Waals surface area contributed by atoms with E-state index in [0.717, 1.165) is 11.8 Å². The molecule has 0 saturated heterocycles. The number of nitrogens with one attached hydrogen (secondary N) is 1. The van der Waals surface area contributed by atoms with Crippen LogP contribution in [-0.4, -0.2) is 32.2 Å². The summed E-state index contributed by atoms with van der Waals surface area (Å²) in [6.07, 6.45) is -4.94. The lowest BCUT2D eigenvalue weighted by atomic mass is 10.1. The maximum atomic E-state index is 11.8. The van der Waals surface area contributed by atoms with Crippen molar-refractivity contribution in [2.45, 2.75) is 32.4 Å². The maximum absolute atomic E-state index is 11.8. The van der Waals surface area contributed by atoms with Crippen LogP contribution in [0.2, 0.25) is 0 Å². The highest BCUT2D eigenvalue weighted by molar-refractivity contribution is 9.09. The first-order valence-electron chi connectivity index (χ1n) is 5.26. The molecule has 0 heterocycles. The summed E-state index contributed by atoms with van der Waals surface area (Å²) >= 11 is 3.23. The molecule has 0 aliphatic carbocycles. The Labute approximate surface area is 108 Å². The molecule has 0 amide bonds. The Balaban J connectivity index is 3.89. The average Bonchev–Trinajstić information content (AvgIpc) is 2.13. The van der Waals surface area contributed by atoms with Gasteiger partial charge in [0.25, 0.3) is 0 Å². The van der Waals surface area contributed by atoms with E-state index in [9.17, 15) is 21.6 Å². The first kappa shape index (κ1) is 17.2. The lowest BCUT2D eigenvalue weighted by Crippen LogP contribution is -2.31. The molecule has 0 aliphatic heterocycles. The molecule has 1 unspecified atom stereocenters. The molecule has 0 aromatic rings. The summed E-state index contributed by atoms with van der Waals surface area (Å²) in [5.74, 6) is -0.320. The third-order valence-electron chi connectivity index (χ3n) is 2.13. The molecule has 1 N–H and O–H groups in total. The molecule has 3 nitrogen and oxygen atoms in total. The molecule has 0 spiro atoms. The SMILES string of the molecule is CC(CCBr)CNS(=O)(=O)CCCC(F)(F)F. The van der Waals surface area contributed by atoms with Gasteiger partial charge in [-0.1, -0.05) is 22.9 Å². The normalized spacial score (nSPS) is 14.9. The fourth-order valence-electron chi connectivity index (χ4n) is 1.09. The molecule has 104 valence electrons. The minimum atomic E-state index is -4.29. The zero-order valence-corrected chi connectivity index (χ0v) is 12.0. The van der Waals surface area contributed by atoms with E-state index < -0.39 is 34.8 Å². The Kier molecular flexibility index (Phi) is 7.66. The van der Waals surface area contributed by atoms with Crippen LogP contribution in [0.15, 0.2) is 0 Å². The summed E-state index contributed by atoms with van der Waals surface area (Å²) in [7, 11) is -3.58. The van der Waals surface area contributed by atoms with Crippen molar-refractivity contribution in [2.75, 3.05) is 17.6 Å². The average molecular weight is 340 g/mol. The number of halogens is 4. The van der Waals surface area contributed by atoms with Crippen LogP contribution in [0.4, 0.5) is 13.2 Å². The van der Waals surface area contributed by atoms with Crippen molar-refractivity contribution >= 4 is 26.0 Å². The summed E-state index contributed by atoms with van der Waals surface area (Å²) in [6.45, 7) is 2.14. The lowest BCUT2D eigenvalue weighted by molar-refractivity contribution is -0.134. The van der Waals surface area contributed by atoms with Crippen LogP contribution in [0.25, 0.3) is 0 Å². The summed E-state index contributed by atoms with van der Waals surface area (Å²) < 4.78 is 60.5. The van der Waals surface area contributed by atoms with E-state index in [2.05, 4.69) is 20.7 Å². The van der Waals surface area contributed by atoms with Gasteiger partial charge in [-0.05, 0) is 18.8 Å². The molecule has 0 aromatic heterocycles. The van der Waals surface area contributed by atoms with Gasteiger partial charge in [0, 0.05) is 18.3 Å². The van der Waals surface area contributed by atoms with Crippen LogP contribution in [0, 0.1) is 5.92 Å². The number of hydrogen-bond donors (Lipinski definition) is 1. The van der Waals surface area contributed by atoms with E-state index in [4.69, 9.17) is 0 Å². The first-order valence-corrected chi connectivity index (χ1v) is 8.04. The summed E-state index contributed by atoms with van der Waals surface area (Å²) in [5, 5.41) is 0.768. The lowest BCUT2D eigenvalue weighted by Gasteiger charge is -2.12. The maximum Gasteiger partial charge on any atom is 0.389 e. The third kappa shape index (κ3) is 11.0. The zero-order valence-electron chi connectivity index (χ0n) is 9.56. The highest BCUT2D eigenvalue weighted by atomic mass is 79.9. The second kappa shape index (κ2) is 7.58. The first-order chi connectivity index (χ1) is 7.66. The van der Waals surface area contributed by atoms with Crippen LogP contribution >= 0.6 is 15.9 Å². The van der Waals surface area contributed by atoms with E-state index >= 15 is 0 Å². The van der Waals surface area contributed by atoms with Gasteiger partial charge in [0.15, 0.2) is 0 Å². The summed E-state index contributed by atoms with van der Waals surface area (Å²) in [6, 6.07) is 0. The molecular formula is C9H17BrF3NO2S. The molecular weight excluding hydrogens is 323 g/mol. The van der Waals surface area contributed by atoms with Crippen molar-refractivity contribution < 1.29 is 21.6 Å². The number of alkyl halides is 4. The topological polar surface area (TPSA) is 46.2 Å². The minimum Gasteiger partial charge on any atom is -0.215 e. The fourth-order valence-corrected chi connectivity index (χ4v) is 3.08. The van der Waals surface area contributed by atoms with Gasteiger partial charge >= 0.3 is 6.18 Å². The second-order valence-corrected chi connectivity index (χ2v) is 6.69. The van der Waals surface area contributed by atoms with Gasteiger partial charge < -0.3 is 0 Å². The number of hydrogen-bond acceptors (Lipinski definition) is 2. The fraction of sp³-hybridized carbons (Fsp3) is 1.00. The predicted molar refractivity (Wildman–Crippen MR) is 64.7 cm³/mol.